The van der Waals surface area contributed by atoms with Gasteiger partial charge in [-0.15, -0.1) is 0 Å². The highest BCUT2D eigenvalue weighted by atomic mass is 16.5. The molecule has 0 aromatic heterocycles. The van der Waals surface area contributed by atoms with Gasteiger partial charge in [0.2, 0.25) is 5.91 Å². The second-order valence-electron chi connectivity index (χ2n) is 10.0. The average Bonchev–Trinajstić information content (AvgIpc) is 3.12. The minimum absolute atomic E-state index is 0.0476. The van der Waals surface area contributed by atoms with Crippen LogP contribution in [0.15, 0.2) is 36.4 Å². The van der Waals surface area contributed by atoms with Crippen LogP contribution in [0, 0.1) is 5.41 Å². The number of anilines is 1. The first-order valence-electron chi connectivity index (χ1n) is 11.7. The summed E-state index contributed by atoms with van der Waals surface area (Å²) in [5, 5.41) is 3.46. The van der Waals surface area contributed by atoms with Gasteiger partial charge in [-0.3, -0.25) is 9.59 Å². The van der Waals surface area contributed by atoms with Gasteiger partial charge in [0.05, 0.1) is 31.7 Å². The number of amides is 2. The molecule has 1 atom stereocenters. The minimum Gasteiger partial charge on any atom is -0.493 e. The van der Waals surface area contributed by atoms with Crippen LogP contribution >= 0.6 is 0 Å². The van der Waals surface area contributed by atoms with E-state index in [1.807, 2.05) is 43.3 Å². The Morgan fingerprint density at radius 2 is 1.91 bits per heavy atom. The van der Waals surface area contributed by atoms with Crippen molar-refractivity contribution < 1.29 is 19.1 Å². The Morgan fingerprint density at radius 1 is 1.18 bits per heavy atom. The van der Waals surface area contributed by atoms with Gasteiger partial charge in [0, 0.05) is 32.9 Å². The van der Waals surface area contributed by atoms with Gasteiger partial charge < -0.3 is 24.6 Å². The SMILES string of the molecule is CCOc1cc([C@@H](CC(=O)N(C)C)N2Cc3cccc(NCC(C)(C)C)c3C2=O)ccc1OC. The smallest absolute Gasteiger partial charge is 0.257 e. The van der Waals surface area contributed by atoms with Crippen molar-refractivity contribution in [2.45, 2.75) is 46.7 Å². The molecule has 0 bridgehead atoms. The lowest BCUT2D eigenvalue weighted by Gasteiger charge is -2.29. The Morgan fingerprint density at radius 3 is 2.53 bits per heavy atom. The van der Waals surface area contributed by atoms with Crippen LogP contribution in [0.5, 0.6) is 11.5 Å². The zero-order chi connectivity index (χ0) is 25.0. The summed E-state index contributed by atoms with van der Waals surface area (Å²) >= 11 is 0. The van der Waals surface area contributed by atoms with Gasteiger partial charge in [0.25, 0.3) is 5.91 Å². The van der Waals surface area contributed by atoms with Gasteiger partial charge in [-0.1, -0.05) is 39.0 Å². The zero-order valence-corrected chi connectivity index (χ0v) is 21.4. The molecule has 1 N–H and O–H groups in total. The molecule has 0 unspecified atom stereocenters. The van der Waals surface area contributed by atoms with E-state index in [4.69, 9.17) is 9.47 Å². The largest absolute Gasteiger partial charge is 0.493 e. The van der Waals surface area contributed by atoms with Crippen molar-refractivity contribution in [1.82, 2.24) is 9.80 Å². The first-order chi connectivity index (χ1) is 16.1. The predicted molar refractivity (Wildman–Crippen MR) is 134 cm³/mol. The molecule has 184 valence electrons. The van der Waals surface area contributed by atoms with Gasteiger partial charge in [0.15, 0.2) is 11.5 Å². The Hall–Kier alpha value is -3.22. The molecule has 0 spiro atoms. The molecule has 0 saturated carbocycles. The van der Waals surface area contributed by atoms with E-state index in [2.05, 4.69) is 26.1 Å². The molecule has 34 heavy (non-hydrogen) atoms. The first-order valence-corrected chi connectivity index (χ1v) is 11.7. The summed E-state index contributed by atoms with van der Waals surface area (Å²) in [4.78, 5) is 29.9. The van der Waals surface area contributed by atoms with E-state index in [-0.39, 0.29) is 23.7 Å². The van der Waals surface area contributed by atoms with Crippen molar-refractivity contribution in [2.75, 3.05) is 39.7 Å². The maximum atomic E-state index is 13.7. The summed E-state index contributed by atoms with van der Waals surface area (Å²) in [5.41, 5.74) is 3.40. The molecule has 0 saturated heterocycles. The fourth-order valence-corrected chi connectivity index (χ4v) is 4.07. The van der Waals surface area contributed by atoms with Crippen molar-refractivity contribution in [2.24, 2.45) is 5.41 Å². The van der Waals surface area contributed by atoms with Crippen LogP contribution in [-0.2, 0) is 11.3 Å². The molecule has 1 aliphatic heterocycles. The number of ether oxygens (including phenoxy) is 2. The standard InChI is InChI=1S/C27H37N3O4/c1-8-34-23-14-18(12-13-22(23)33-7)21(15-24(31)29(5)6)30-16-19-10-9-11-20(25(19)26(30)32)28-17-27(2,3)4/h9-14,21,28H,8,15-17H2,1-7H3/t21-/m1/s1. The lowest BCUT2D eigenvalue weighted by atomic mass is 9.96. The molecule has 3 rings (SSSR count). The van der Waals surface area contributed by atoms with Gasteiger partial charge in [0.1, 0.15) is 0 Å². The molecule has 1 heterocycles. The Labute approximate surface area is 203 Å². The van der Waals surface area contributed by atoms with Crippen molar-refractivity contribution in [3.8, 4) is 11.5 Å². The maximum Gasteiger partial charge on any atom is 0.257 e. The van der Waals surface area contributed by atoms with Crippen LogP contribution in [0.2, 0.25) is 0 Å². The number of carbonyl (C=O) groups is 2. The summed E-state index contributed by atoms with van der Waals surface area (Å²) in [5.74, 6) is 1.10. The van der Waals surface area contributed by atoms with E-state index in [9.17, 15) is 9.59 Å². The van der Waals surface area contributed by atoms with E-state index in [1.165, 1.54) is 0 Å². The second-order valence-corrected chi connectivity index (χ2v) is 10.0. The third-order valence-corrected chi connectivity index (χ3v) is 5.89. The fraction of sp³-hybridized carbons (Fsp3) is 0.481. The number of nitrogens with zero attached hydrogens (tertiary/aromatic N) is 2. The summed E-state index contributed by atoms with van der Waals surface area (Å²) in [6, 6.07) is 11.1. The molecular formula is C27H37N3O4. The van der Waals surface area contributed by atoms with Crippen LogP contribution in [0.1, 0.15) is 61.6 Å². The Kier molecular flexibility index (Phi) is 7.75. The van der Waals surface area contributed by atoms with Crippen molar-refractivity contribution in [1.29, 1.82) is 0 Å². The fourth-order valence-electron chi connectivity index (χ4n) is 4.07. The molecule has 7 heteroatoms. The number of methoxy groups -OCH3 is 1. The Bertz CT molecular complexity index is 1040. The number of nitrogens with one attached hydrogen (secondary N) is 1. The van der Waals surface area contributed by atoms with E-state index < -0.39 is 6.04 Å². The van der Waals surface area contributed by atoms with E-state index in [0.717, 1.165) is 23.4 Å². The molecule has 0 radical (unpaired) electrons. The van der Waals surface area contributed by atoms with Crippen LogP contribution < -0.4 is 14.8 Å². The van der Waals surface area contributed by atoms with E-state index in [0.29, 0.717) is 30.2 Å². The van der Waals surface area contributed by atoms with E-state index >= 15 is 0 Å². The lowest BCUT2D eigenvalue weighted by molar-refractivity contribution is -0.129. The highest BCUT2D eigenvalue weighted by Gasteiger charge is 2.37. The highest BCUT2D eigenvalue weighted by Crippen LogP contribution is 2.39. The molecule has 7 nitrogen and oxygen atoms in total. The quantitative estimate of drug-likeness (QED) is 0.577. The van der Waals surface area contributed by atoms with Crippen molar-refractivity contribution in [3.63, 3.8) is 0 Å². The number of fused-ring (bicyclic) bond motifs is 1. The summed E-state index contributed by atoms with van der Waals surface area (Å²) in [7, 11) is 5.06. The zero-order valence-electron chi connectivity index (χ0n) is 21.4. The van der Waals surface area contributed by atoms with Crippen molar-refractivity contribution >= 4 is 17.5 Å². The second kappa shape index (κ2) is 10.4. The molecule has 2 amide bonds. The number of carbonyl (C=O) groups excluding carboxylic acids is 2. The van der Waals surface area contributed by atoms with Crippen LogP contribution in [-0.4, -0.2) is 56.0 Å². The van der Waals surface area contributed by atoms with Crippen molar-refractivity contribution in [3.05, 3.63) is 53.1 Å². The third kappa shape index (κ3) is 5.64. The summed E-state index contributed by atoms with van der Waals surface area (Å²) < 4.78 is 11.2. The number of benzene rings is 2. The Balaban J connectivity index is 2.00. The van der Waals surface area contributed by atoms with Gasteiger partial charge in [-0.2, -0.15) is 0 Å². The predicted octanol–water partition coefficient (Wildman–Crippen LogP) is 4.73. The molecule has 1 aliphatic rings. The summed E-state index contributed by atoms with van der Waals surface area (Å²) in [6.07, 6.45) is 0.176. The lowest BCUT2D eigenvalue weighted by Crippen LogP contribution is -2.34. The number of rotatable bonds is 9. The molecular weight excluding hydrogens is 430 g/mol. The van der Waals surface area contributed by atoms with Crippen LogP contribution in [0.25, 0.3) is 0 Å². The average molecular weight is 468 g/mol. The van der Waals surface area contributed by atoms with Crippen LogP contribution in [0.4, 0.5) is 5.69 Å². The van der Waals surface area contributed by atoms with E-state index in [1.54, 1.807) is 31.0 Å². The normalized spacial score (nSPS) is 14.0. The number of hydrogen-bond donors (Lipinski definition) is 1. The monoisotopic (exact) mass is 467 g/mol. The maximum absolute atomic E-state index is 13.7. The summed E-state index contributed by atoms with van der Waals surface area (Å²) in [6.45, 7) is 10.0. The van der Waals surface area contributed by atoms with Gasteiger partial charge in [-0.25, -0.2) is 0 Å². The molecule has 0 aliphatic carbocycles. The topological polar surface area (TPSA) is 71.1 Å². The van der Waals surface area contributed by atoms with Crippen LogP contribution in [0.3, 0.4) is 0 Å². The first kappa shape index (κ1) is 25.4. The minimum atomic E-state index is -0.435. The molecule has 0 fully saturated rings. The van der Waals surface area contributed by atoms with Gasteiger partial charge in [-0.05, 0) is 41.7 Å². The third-order valence-electron chi connectivity index (χ3n) is 5.89. The molecule has 2 aromatic carbocycles. The highest BCUT2D eigenvalue weighted by molar-refractivity contribution is 6.04. The molecule has 2 aromatic rings. The number of hydrogen-bond acceptors (Lipinski definition) is 5. The van der Waals surface area contributed by atoms with Gasteiger partial charge >= 0.3 is 0 Å².